The minimum absolute atomic E-state index is 0.121. The van der Waals surface area contributed by atoms with Crippen LogP contribution in [0.3, 0.4) is 0 Å². The van der Waals surface area contributed by atoms with E-state index in [1.54, 1.807) is 29.5 Å². The number of rotatable bonds is 6. The molecule has 0 aliphatic carbocycles. The van der Waals surface area contributed by atoms with Gasteiger partial charge in [-0.3, -0.25) is 9.69 Å². The first-order valence-corrected chi connectivity index (χ1v) is 10.3. The van der Waals surface area contributed by atoms with Gasteiger partial charge in [0.15, 0.2) is 11.5 Å². The highest BCUT2D eigenvalue weighted by Crippen LogP contribution is 2.26. The van der Waals surface area contributed by atoms with Gasteiger partial charge >= 0.3 is 0 Å². The molecule has 1 aromatic carbocycles. The van der Waals surface area contributed by atoms with Gasteiger partial charge in [0.05, 0.1) is 19.3 Å². The van der Waals surface area contributed by atoms with E-state index in [1.807, 2.05) is 18.2 Å². The van der Waals surface area contributed by atoms with Crippen molar-refractivity contribution in [1.29, 1.82) is 0 Å². The molecule has 1 aliphatic rings. The zero-order valence-electron chi connectivity index (χ0n) is 15.1. The summed E-state index contributed by atoms with van der Waals surface area (Å²) < 4.78 is 10.8. The monoisotopic (exact) mass is 417 g/mol. The number of aromatic nitrogens is 1. The summed E-state index contributed by atoms with van der Waals surface area (Å²) in [4.78, 5) is 16.2. The van der Waals surface area contributed by atoms with Crippen molar-refractivity contribution in [1.82, 2.24) is 15.4 Å². The summed E-state index contributed by atoms with van der Waals surface area (Å²) >= 11 is 7.61. The third-order valence-corrected chi connectivity index (χ3v) is 5.91. The Balaban J connectivity index is 1.43. The van der Waals surface area contributed by atoms with Crippen LogP contribution in [0.5, 0.6) is 0 Å². The lowest BCUT2D eigenvalue weighted by atomic mass is 10.1. The number of morpholine rings is 1. The smallest absolute Gasteiger partial charge is 0.273 e. The van der Waals surface area contributed by atoms with Gasteiger partial charge in [0.1, 0.15) is 0 Å². The second-order valence-corrected chi connectivity index (χ2v) is 7.89. The summed E-state index contributed by atoms with van der Waals surface area (Å²) in [6.45, 7) is 3.63. The summed E-state index contributed by atoms with van der Waals surface area (Å²) in [6.07, 6.45) is 0. The quantitative estimate of drug-likeness (QED) is 0.659. The first kappa shape index (κ1) is 19.1. The third kappa shape index (κ3) is 4.44. The van der Waals surface area contributed by atoms with Crippen molar-refractivity contribution in [3.8, 4) is 11.3 Å². The molecule has 146 valence electrons. The zero-order valence-corrected chi connectivity index (χ0v) is 16.7. The highest BCUT2D eigenvalue weighted by Gasteiger charge is 2.24. The van der Waals surface area contributed by atoms with Gasteiger partial charge in [-0.2, -0.15) is 0 Å². The maximum atomic E-state index is 12.6. The standard InChI is InChI=1S/C20H20ClN3O3S/c21-15-5-3-14(4-6-15)18-12-16(23-27-18)20(25)22-13-17(19-2-1-11-28-19)24-7-9-26-10-8-24/h1-6,11-12,17H,7-10,13H2,(H,22,25)/t17-/m0/s1. The lowest BCUT2D eigenvalue weighted by Crippen LogP contribution is -2.43. The van der Waals surface area contributed by atoms with Gasteiger partial charge in [-0.05, 0) is 35.7 Å². The topological polar surface area (TPSA) is 67.6 Å². The molecule has 3 heterocycles. The maximum absolute atomic E-state index is 12.6. The molecule has 0 spiro atoms. The molecule has 1 fully saturated rings. The van der Waals surface area contributed by atoms with Crippen molar-refractivity contribution in [3.63, 3.8) is 0 Å². The Kier molecular flexibility index (Phi) is 6.07. The fourth-order valence-electron chi connectivity index (χ4n) is 3.19. The van der Waals surface area contributed by atoms with E-state index < -0.39 is 0 Å². The predicted molar refractivity (Wildman–Crippen MR) is 109 cm³/mol. The van der Waals surface area contributed by atoms with Crippen LogP contribution in [0.2, 0.25) is 5.02 Å². The zero-order chi connectivity index (χ0) is 19.3. The largest absolute Gasteiger partial charge is 0.379 e. The third-order valence-electron chi connectivity index (χ3n) is 4.69. The van der Waals surface area contributed by atoms with Crippen LogP contribution in [0.4, 0.5) is 0 Å². The van der Waals surface area contributed by atoms with Crippen LogP contribution in [0.15, 0.2) is 52.4 Å². The van der Waals surface area contributed by atoms with Gasteiger partial charge in [-0.15, -0.1) is 11.3 Å². The summed E-state index contributed by atoms with van der Waals surface area (Å²) in [5.74, 6) is 0.281. The molecule has 4 rings (SSSR count). The molecular weight excluding hydrogens is 398 g/mol. The van der Waals surface area contributed by atoms with Gasteiger partial charge in [0.25, 0.3) is 5.91 Å². The summed E-state index contributed by atoms with van der Waals surface area (Å²) in [6, 6.07) is 13.1. The molecule has 0 radical (unpaired) electrons. The Bertz CT molecular complexity index is 905. The van der Waals surface area contributed by atoms with Crippen LogP contribution in [0, 0.1) is 0 Å². The molecular formula is C20H20ClN3O3S. The van der Waals surface area contributed by atoms with Crippen LogP contribution in [0.1, 0.15) is 21.4 Å². The Morgan fingerprint density at radius 3 is 2.75 bits per heavy atom. The van der Waals surface area contributed by atoms with Crippen LogP contribution in [-0.4, -0.2) is 48.8 Å². The first-order chi connectivity index (χ1) is 13.7. The van der Waals surface area contributed by atoms with Crippen LogP contribution in [-0.2, 0) is 4.74 Å². The summed E-state index contributed by atoms with van der Waals surface area (Å²) in [5.41, 5.74) is 1.08. The Labute approximate surface area is 172 Å². The van der Waals surface area contributed by atoms with Crippen molar-refractivity contribution < 1.29 is 14.1 Å². The number of carbonyl (C=O) groups is 1. The number of amides is 1. The molecule has 2 aromatic heterocycles. The van der Waals surface area contributed by atoms with E-state index in [9.17, 15) is 4.79 Å². The molecule has 1 aliphatic heterocycles. The highest BCUT2D eigenvalue weighted by molar-refractivity contribution is 7.10. The van der Waals surface area contributed by atoms with Crippen LogP contribution >= 0.6 is 22.9 Å². The number of carbonyl (C=O) groups excluding carboxylic acids is 1. The molecule has 8 heteroatoms. The molecule has 1 amide bonds. The Morgan fingerprint density at radius 2 is 2.04 bits per heavy atom. The average molecular weight is 418 g/mol. The van der Waals surface area contributed by atoms with E-state index in [0.717, 1.165) is 18.7 Å². The number of nitrogens with zero attached hydrogens (tertiary/aromatic N) is 2. The number of thiophene rings is 1. The minimum Gasteiger partial charge on any atom is -0.379 e. The molecule has 0 saturated carbocycles. The number of ether oxygens (including phenoxy) is 1. The van der Waals surface area contributed by atoms with Gasteiger partial charge < -0.3 is 14.6 Å². The maximum Gasteiger partial charge on any atom is 0.273 e. The van der Waals surface area contributed by atoms with Crippen molar-refractivity contribution in [2.45, 2.75) is 6.04 Å². The summed E-state index contributed by atoms with van der Waals surface area (Å²) in [7, 11) is 0. The van der Waals surface area contributed by atoms with Gasteiger partial charge in [0.2, 0.25) is 0 Å². The van der Waals surface area contributed by atoms with Crippen LogP contribution in [0.25, 0.3) is 11.3 Å². The fourth-order valence-corrected chi connectivity index (χ4v) is 4.18. The number of halogens is 1. The van der Waals surface area contributed by atoms with E-state index in [2.05, 4.69) is 26.8 Å². The fraction of sp³-hybridized carbons (Fsp3) is 0.300. The molecule has 28 heavy (non-hydrogen) atoms. The Hall–Kier alpha value is -2.19. The number of benzene rings is 1. The second kappa shape index (κ2) is 8.87. The number of nitrogens with one attached hydrogen (secondary N) is 1. The minimum atomic E-state index is -0.251. The average Bonchev–Trinajstić information content (AvgIpc) is 3.42. The van der Waals surface area contributed by atoms with Gasteiger partial charge in [0, 0.05) is 41.2 Å². The van der Waals surface area contributed by atoms with Crippen LogP contribution < -0.4 is 5.32 Å². The Morgan fingerprint density at radius 1 is 1.25 bits per heavy atom. The number of hydrogen-bond donors (Lipinski definition) is 1. The summed E-state index contributed by atoms with van der Waals surface area (Å²) in [5, 5.41) is 9.62. The van der Waals surface area contributed by atoms with Crippen molar-refractivity contribution in [3.05, 3.63) is 63.4 Å². The molecule has 6 nitrogen and oxygen atoms in total. The normalized spacial score (nSPS) is 16.0. The lowest BCUT2D eigenvalue weighted by Gasteiger charge is -2.34. The van der Waals surface area contributed by atoms with E-state index >= 15 is 0 Å². The molecule has 0 unspecified atom stereocenters. The van der Waals surface area contributed by atoms with E-state index in [0.29, 0.717) is 30.5 Å². The van der Waals surface area contributed by atoms with Gasteiger partial charge in [-0.25, -0.2) is 0 Å². The van der Waals surface area contributed by atoms with E-state index in [-0.39, 0.29) is 17.6 Å². The van der Waals surface area contributed by atoms with E-state index in [1.165, 1.54) is 4.88 Å². The molecule has 0 bridgehead atoms. The van der Waals surface area contributed by atoms with Crippen molar-refractivity contribution in [2.24, 2.45) is 0 Å². The first-order valence-electron chi connectivity index (χ1n) is 9.07. The SMILES string of the molecule is O=C(NC[C@@H](c1cccs1)N1CCOCC1)c1cc(-c2ccc(Cl)cc2)on1. The molecule has 1 saturated heterocycles. The molecule has 1 N–H and O–H groups in total. The highest BCUT2D eigenvalue weighted by atomic mass is 35.5. The number of hydrogen-bond acceptors (Lipinski definition) is 6. The van der Waals surface area contributed by atoms with Crippen molar-refractivity contribution >= 4 is 28.8 Å². The van der Waals surface area contributed by atoms with Crippen molar-refractivity contribution in [2.75, 3.05) is 32.8 Å². The van der Waals surface area contributed by atoms with Gasteiger partial charge in [-0.1, -0.05) is 22.8 Å². The molecule has 1 atom stereocenters. The lowest BCUT2D eigenvalue weighted by molar-refractivity contribution is 0.0169. The second-order valence-electron chi connectivity index (χ2n) is 6.47. The van der Waals surface area contributed by atoms with E-state index in [4.69, 9.17) is 20.9 Å². The molecule has 3 aromatic rings. The predicted octanol–water partition coefficient (Wildman–Crippen LogP) is 3.86.